The average Bonchev–Trinajstić information content (AvgIpc) is 4.60. The van der Waals surface area contributed by atoms with Crippen molar-refractivity contribution in [2.24, 2.45) is 0 Å². The Hall–Kier alpha value is -8.06. The van der Waals surface area contributed by atoms with Gasteiger partial charge in [-0.1, -0.05) is 451 Å². The molecule has 0 atom stereocenters. The Morgan fingerprint density at radius 1 is 0.128 bits per heavy atom. The first-order valence-corrected chi connectivity index (χ1v) is 32.7. The molecule has 0 heteroatoms. The van der Waals surface area contributed by atoms with Crippen LogP contribution in [0.3, 0.4) is 0 Å². The van der Waals surface area contributed by atoms with Crippen LogP contribution in [-0.2, 0) is 0 Å². The van der Waals surface area contributed by atoms with Crippen LogP contribution in [0.25, 0.3) is 32.3 Å². The van der Waals surface area contributed by atoms with Gasteiger partial charge in [-0.3, -0.25) is 0 Å². The molecule has 0 aliphatic heterocycles. The summed E-state index contributed by atoms with van der Waals surface area (Å²) in [5.41, 5.74) is 0. The SMILES string of the molecule is C1=CCC=C1.C1=CCC=C1.C1=CCC=C1.C1=CCC=C1.C1=CCC=C1.C1=CCC=C1.C1=CCC=C1.C1=CCC=C1.CC.CC.CC.CC.CC.CC.CC.CC.c1ccc2ccccc2c1.c1ccc2ccccc2c1.c1ccc2ccccc2c1. The highest BCUT2D eigenvalue weighted by atomic mass is 13.9. The molecule has 0 nitrogen and oxygen atoms in total. The van der Waals surface area contributed by atoms with Gasteiger partial charge in [0.15, 0.2) is 0 Å². The topological polar surface area (TPSA) is 0 Å². The Kier molecular flexibility index (Phi) is 81.8. The Labute approximate surface area is 531 Å². The van der Waals surface area contributed by atoms with Gasteiger partial charge in [0.25, 0.3) is 0 Å². The molecule has 14 rings (SSSR count). The number of fused-ring (bicyclic) bond motifs is 3. The van der Waals surface area contributed by atoms with Crippen LogP contribution >= 0.6 is 0 Å². The summed E-state index contributed by atoms with van der Waals surface area (Å²) in [5.74, 6) is 0. The molecule has 0 aromatic heterocycles. The van der Waals surface area contributed by atoms with Gasteiger partial charge < -0.3 is 0 Å². The third-order valence-electron chi connectivity index (χ3n) is 10.2. The zero-order chi connectivity index (χ0) is 64.7. The summed E-state index contributed by atoms with van der Waals surface area (Å²) in [6, 6.07) is 50.1. The first-order chi connectivity index (χ1) is 42.9. The van der Waals surface area contributed by atoms with E-state index in [4.69, 9.17) is 0 Å². The number of benzene rings is 6. The van der Waals surface area contributed by atoms with Gasteiger partial charge in [-0.2, -0.15) is 0 Å². The molecule has 0 fully saturated rings. The summed E-state index contributed by atoms with van der Waals surface area (Å²) in [4.78, 5) is 0. The van der Waals surface area contributed by atoms with Crippen molar-refractivity contribution in [3.63, 3.8) is 0 Å². The van der Waals surface area contributed by atoms with Crippen molar-refractivity contribution in [3.05, 3.63) is 340 Å². The monoisotopic (exact) mass is 1150 g/mol. The molecule has 0 amide bonds. The van der Waals surface area contributed by atoms with E-state index in [-0.39, 0.29) is 0 Å². The molecule has 86 heavy (non-hydrogen) atoms. The fourth-order valence-electron chi connectivity index (χ4n) is 6.54. The molecule has 8 aliphatic rings. The van der Waals surface area contributed by atoms with Crippen LogP contribution in [0.4, 0.5) is 0 Å². The van der Waals surface area contributed by atoms with Gasteiger partial charge in [-0.15, -0.1) is 0 Å². The minimum absolute atomic E-state index is 1.14. The highest BCUT2D eigenvalue weighted by Gasteiger charge is 1.87. The molecule has 0 saturated heterocycles. The third kappa shape index (κ3) is 57.7. The lowest BCUT2D eigenvalue weighted by molar-refractivity contribution is 1.45. The molecular formula is C86H120. The van der Waals surface area contributed by atoms with Gasteiger partial charge in [-0.05, 0) is 83.7 Å². The van der Waals surface area contributed by atoms with Crippen LogP contribution in [-0.4, -0.2) is 0 Å². The van der Waals surface area contributed by atoms with E-state index < -0.39 is 0 Å². The first kappa shape index (κ1) is 86.7. The van der Waals surface area contributed by atoms with E-state index in [0.717, 1.165) is 51.4 Å². The number of hydrogen-bond acceptors (Lipinski definition) is 0. The number of hydrogen-bond donors (Lipinski definition) is 0. The predicted molar refractivity (Wildman–Crippen MR) is 406 cm³/mol. The molecule has 8 aliphatic carbocycles. The number of allylic oxidation sites excluding steroid dienone is 32. The van der Waals surface area contributed by atoms with Crippen molar-refractivity contribution < 1.29 is 0 Å². The van der Waals surface area contributed by atoms with Crippen molar-refractivity contribution in [3.8, 4) is 0 Å². The summed E-state index contributed by atoms with van der Waals surface area (Å²) < 4.78 is 0. The van der Waals surface area contributed by atoms with Crippen molar-refractivity contribution in [1.82, 2.24) is 0 Å². The van der Waals surface area contributed by atoms with E-state index in [1.807, 2.05) is 111 Å². The predicted octanol–water partition coefficient (Wildman–Crippen LogP) is 28.7. The quantitative estimate of drug-likeness (QED) is 0.142. The highest BCUT2D eigenvalue weighted by molar-refractivity contribution is 5.83. The van der Waals surface area contributed by atoms with Crippen molar-refractivity contribution in [2.75, 3.05) is 0 Å². The minimum Gasteiger partial charge on any atom is -0.0808 e. The standard InChI is InChI=1S/3C10H8.8C5H6.8C2H6/c3*1-2-6-10-8-4-3-7-9(10)5-1;8*1-2-4-5-3-1;8*1-2/h3*1-8H;8*1-4H,5H2;8*1-2H3. The van der Waals surface area contributed by atoms with E-state index in [1.165, 1.54) is 32.3 Å². The molecule has 0 N–H and O–H groups in total. The van der Waals surface area contributed by atoms with Crippen molar-refractivity contribution in [1.29, 1.82) is 0 Å². The molecular weight excluding hydrogens is 1030 g/mol. The lowest BCUT2D eigenvalue weighted by Crippen LogP contribution is -1.67. The van der Waals surface area contributed by atoms with E-state index in [0.29, 0.717) is 0 Å². The van der Waals surface area contributed by atoms with Crippen LogP contribution in [0.1, 0.15) is 162 Å². The molecule has 0 heterocycles. The molecule has 0 saturated carbocycles. The lowest BCUT2D eigenvalue weighted by Gasteiger charge is -1.92. The molecule has 6 aromatic carbocycles. The van der Waals surface area contributed by atoms with Crippen LogP contribution < -0.4 is 0 Å². The molecule has 0 spiro atoms. The molecule has 0 radical (unpaired) electrons. The Morgan fingerprint density at radius 3 is 0.244 bits per heavy atom. The minimum atomic E-state index is 1.14. The van der Waals surface area contributed by atoms with Gasteiger partial charge in [0.1, 0.15) is 0 Å². The lowest BCUT2D eigenvalue weighted by atomic mass is 10.1. The zero-order valence-corrected chi connectivity index (χ0v) is 57.0. The number of rotatable bonds is 0. The maximum Gasteiger partial charge on any atom is -0.0163 e. The van der Waals surface area contributed by atoms with Crippen LogP contribution in [0.2, 0.25) is 0 Å². The fraction of sp³-hybridized carbons (Fsp3) is 0.279. The summed E-state index contributed by atoms with van der Waals surface area (Å²) in [6.07, 6.45) is 76.0. The third-order valence-corrected chi connectivity index (χ3v) is 10.2. The molecule has 464 valence electrons. The molecule has 0 unspecified atom stereocenters. The van der Waals surface area contributed by atoms with Crippen LogP contribution in [0.5, 0.6) is 0 Å². The van der Waals surface area contributed by atoms with Gasteiger partial charge >= 0.3 is 0 Å². The Bertz CT molecular complexity index is 2100. The van der Waals surface area contributed by atoms with Crippen LogP contribution in [0.15, 0.2) is 340 Å². The summed E-state index contributed by atoms with van der Waals surface area (Å²) >= 11 is 0. The average molecular weight is 1150 g/mol. The Balaban J connectivity index is -0.000000276. The van der Waals surface area contributed by atoms with E-state index in [9.17, 15) is 0 Å². The normalized spacial score (nSPS) is 12.2. The van der Waals surface area contributed by atoms with Gasteiger partial charge in [-0.25, -0.2) is 0 Å². The van der Waals surface area contributed by atoms with Crippen molar-refractivity contribution in [2.45, 2.75) is 162 Å². The first-order valence-electron chi connectivity index (χ1n) is 32.7. The van der Waals surface area contributed by atoms with Gasteiger partial charge in [0.05, 0.1) is 0 Å². The molecule has 0 bridgehead atoms. The maximum absolute atomic E-state index is 2.12. The zero-order valence-electron chi connectivity index (χ0n) is 57.0. The molecule has 6 aromatic rings. The van der Waals surface area contributed by atoms with E-state index in [2.05, 4.69) is 340 Å². The highest BCUT2D eigenvalue weighted by Crippen LogP contribution is 2.13. The van der Waals surface area contributed by atoms with Crippen LogP contribution in [0, 0.1) is 0 Å². The summed E-state index contributed by atoms with van der Waals surface area (Å²) in [5, 5.41) is 7.86. The second-order valence-electron chi connectivity index (χ2n) is 15.8. The second-order valence-corrected chi connectivity index (χ2v) is 15.8. The van der Waals surface area contributed by atoms with Gasteiger partial charge in [0, 0.05) is 0 Å². The summed E-state index contributed by atoms with van der Waals surface area (Å²) in [7, 11) is 0. The van der Waals surface area contributed by atoms with Gasteiger partial charge in [0.2, 0.25) is 0 Å². The second kappa shape index (κ2) is 81.2. The van der Waals surface area contributed by atoms with E-state index >= 15 is 0 Å². The Morgan fingerprint density at radius 2 is 0.198 bits per heavy atom. The maximum atomic E-state index is 2.12. The van der Waals surface area contributed by atoms with Crippen molar-refractivity contribution >= 4 is 32.3 Å². The fourth-order valence-corrected chi connectivity index (χ4v) is 6.54. The summed E-state index contributed by atoms with van der Waals surface area (Å²) in [6.45, 7) is 32.0. The smallest absolute Gasteiger partial charge is 0.0163 e. The van der Waals surface area contributed by atoms with E-state index in [1.54, 1.807) is 0 Å². The largest absolute Gasteiger partial charge is 0.0808 e.